The van der Waals surface area contributed by atoms with Gasteiger partial charge in [0.1, 0.15) is 9.92 Å². The van der Waals surface area contributed by atoms with E-state index in [1.165, 1.54) is 22.3 Å². The molecule has 31 heavy (non-hydrogen) atoms. The van der Waals surface area contributed by atoms with Crippen molar-refractivity contribution < 1.29 is 8.95 Å². The summed E-state index contributed by atoms with van der Waals surface area (Å²) >= 11 is 0. The largest absolute Gasteiger partial charge is 0.377 e. The van der Waals surface area contributed by atoms with E-state index in [-0.39, 0.29) is 18.1 Å². The summed E-state index contributed by atoms with van der Waals surface area (Å²) in [5, 5.41) is 0. The molecule has 1 heterocycles. The fourth-order valence-corrected chi connectivity index (χ4v) is 6.41. The molecule has 160 valence electrons. The Morgan fingerprint density at radius 3 is 2.06 bits per heavy atom. The third-order valence-corrected chi connectivity index (χ3v) is 8.14. The van der Waals surface area contributed by atoms with Crippen LogP contribution in [0, 0.1) is 4.78 Å². The van der Waals surface area contributed by atoms with E-state index in [1.54, 1.807) is 12.1 Å². The van der Waals surface area contributed by atoms with Gasteiger partial charge in [-0.3, -0.25) is 0 Å². The number of aryl methyl sites for hydroxylation is 2. The molecule has 5 heteroatoms. The lowest BCUT2D eigenvalue weighted by molar-refractivity contribution is -0.00386. The molecule has 1 aliphatic carbocycles. The van der Waals surface area contributed by atoms with Gasteiger partial charge in [0, 0.05) is 18.6 Å². The van der Waals surface area contributed by atoms with Crippen LogP contribution in [0.25, 0.3) is 0 Å². The van der Waals surface area contributed by atoms with Gasteiger partial charge in [0.15, 0.2) is 0 Å². The molecule has 3 aromatic rings. The van der Waals surface area contributed by atoms with Crippen LogP contribution in [0.5, 0.6) is 0 Å². The lowest BCUT2D eigenvalue weighted by atomic mass is 9.80. The first-order valence-electron chi connectivity index (χ1n) is 11.0. The third kappa shape index (κ3) is 4.18. The minimum Gasteiger partial charge on any atom is -0.377 e. The van der Waals surface area contributed by atoms with E-state index in [0.717, 1.165) is 25.7 Å². The van der Waals surface area contributed by atoms with Crippen LogP contribution >= 0.6 is 0 Å². The monoisotopic (exact) mass is 432 g/mol. The van der Waals surface area contributed by atoms with Gasteiger partial charge in [-0.05, 0) is 60.1 Å². The van der Waals surface area contributed by atoms with Crippen LogP contribution in [-0.4, -0.2) is 23.0 Å². The molecule has 1 saturated heterocycles. The van der Waals surface area contributed by atoms with Crippen molar-refractivity contribution in [3.8, 4) is 0 Å². The Kier molecular flexibility index (Phi) is 5.65. The Morgan fingerprint density at radius 2 is 1.42 bits per heavy atom. The SMILES string of the molecule is N=S(=O)(NC1CCOC(C2c3ccccc3CCc3ccccc32)C1)c1ccccc1. The molecule has 0 radical (unpaired) electrons. The summed E-state index contributed by atoms with van der Waals surface area (Å²) in [6, 6.07) is 26.5. The second kappa shape index (κ2) is 8.58. The molecule has 5 rings (SSSR count). The quantitative estimate of drug-likeness (QED) is 0.604. The molecule has 3 aromatic carbocycles. The molecule has 0 saturated carbocycles. The van der Waals surface area contributed by atoms with Crippen molar-refractivity contribution >= 4 is 9.92 Å². The van der Waals surface area contributed by atoms with Gasteiger partial charge in [-0.2, -0.15) is 0 Å². The molecule has 3 atom stereocenters. The normalized spacial score (nSPS) is 23.2. The van der Waals surface area contributed by atoms with Gasteiger partial charge in [0.2, 0.25) is 0 Å². The number of rotatable bonds is 4. The van der Waals surface area contributed by atoms with Gasteiger partial charge in [-0.25, -0.2) is 13.7 Å². The van der Waals surface area contributed by atoms with Crippen molar-refractivity contribution in [2.45, 2.75) is 48.6 Å². The Labute approximate surface area is 184 Å². The number of ether oxygens (including phenoxy) is 1. The number of fused-ring (bicyclic) bond motifs is 2. The van der Waals surface area contributed by atoms with E-state index in [0.29, 0.717) is 11.5 Å². The Morgan fingerprint density at radius 1 is 0.839 bits per heavy atom. The minimum atomic E-state index is -3.05. The van der Waals surface area contributed by atoms with Crippen LogP contribution in [0.3, 0.4) is 0 Å². The van der Waals surface area contributed by atoms with Gasteiger partial charge >= 0.3 is 0 Å². The summed E-state index contributed by atoms with van der Waals surface area (Å²) in [7, 11) is -3.05. The number of hydrogen-bond acceptors (Lipinski definition) is 3. The van der Waals surface area contributed by atoms with Gasteiger partial charge in [-0.15, -0.1) is 0 Å². The average Bonchev–Trinajstić information content (AvgIpc) is 2.96. The third-order valence-electron chi connectivity index (χ3n) is 6.54. The molecule has 1 fully saturated rings. The number of benzene rings is 3. The van der Waals surface area contributed by atoms with E-state index in [9.17, 15) is 4.21 Å². The van der Waals surface area contributed by atoms with Gasteiger partial charge < -0.3 is 4.74 Å². The predicted molar refractivity (Wildman–Crippen MR) is 124 cm³/mol. The van der Waals surface area contributed by atoms with E-state index < -0.39 is 9.92 Å². The molecular weight excluding hydrogens is 404 g/mol. The van der Waals surface area contributed by atoms with Crippen molar-refractivity contribution in [1.82, 2.24) is 4.72 Å². The Bertz CT molecular complexity index is 1110. The lowest BCUT2D eigenvalue weighted by Crippen LogP contribution is -2.43. The highest BCUT2D eigenvalue weighted by molar-refractivity contribution is 7.90. The van der Waals surface area contributed by atoms with Crippen LogP contribution in [0.2, 0.25) is 0 Å². The van der Waals surface area contributed by atoms with Crippen molar-refractivity contribution in [1.29, 1.82) is 4.78 Å². The first-order valence-corrected chi connectivity index (χ1v) is 12.6. The summed E-state index contributed by atoms with van der Waals surface area (Å²) in [5.41, 5.74) is 5.45. The fourth-order valence-electron chi connectivity index (χ4n) is 5.05. The van der Waals surface area contributed by atoms with Crippen LogP contribution < -0.4 is 4.72 Å². The average molecular weight is 433 g/mol. The topological polar surface area (TPSA) is 62.2 Å². The molecule has 0 amide bonds. The molecule has 2 N–H and O–H groups in total. The van der Waals surface area contributed by atoms with E-state index in [2.05, 4.69) is 53.3 Å². The van der Waals surface area contributed by atoms with Crippen LogP contribution in [0.1, 0.15) is 41.0 Å². The zero-order chi connectivity index (χ0) is 21.3. The van der Waals surface area contributed by atoms with Crippen molar-refractivity contribution in [3.05, 3.63) is 101 Å². The molecule has 2 aliphatic rings. The zero-order valence-electron chi connectivity index (χ0n) is 17.5. The van der Waals surface area contributed by atoms with Crippen LogP contribution in [0.15, 0.2) is 83.8 Å². The molecule has 0 spiro atoms. The fraction of sp³-hybridized carbons (Fsp3) is 0.308. The summed E-state index contributed by atoms with van der Waals surface area (Å²) in [5.74, 6) is 0.151. The molecular formula is C26H28N2O2S. The van der Waals surface area contributed by atoms with Crippen molar-refractivity contribution in [3.63, 3.8) is 0 Å². The second-order valence-electron chi connectivity index (χ2n) is 8.49. The first kappa shape index (κ1) is 20.4. The smallest absolute Gasteiger partial charge is 0.134 e. The standard InChI is InChI=1S/C26H28N2O2S/c27-31(29,22-10-2-1-3-11-22)28-21-16-17-30-25(18-21)26-23-12-6-4-8-19(23)14-15-20-9-5-7-13-24(20)26/h1-13,21,25-26H,14-18H2,(H2,27,28,29). The maximum atomic E-state index is 13.1. The highest BCUT2D eigenvalue weighted by atomic mass is 32.2. The maximum absolute atomic E-state index is 13.1. The second-order valence-corrected chi connectivity index (χ2v) is 10.3. The zero-order valence-corrected chi connectivity index (χ0v) is 18.3. The molecule has 0 aromatic heterocycles. The van der Waals surface area contributed by atoms with Gasteiger partial charge in [0.05, 0.1) is 11.0 Å². The van der Waals surface area contributed by atoms with Gasteiger partial charge in [-0.1, -0.05) is 66.7 Å². The van der Waals surface area contributed by atoms with E-state index in [4.69, 9.17) is 9.52 Å². The molecule has 1 aliphatic heterocycles. The highest BCUT2D eigenvalue weighted by Crippen LogP contribution is 2.40. The van der Waals surface area contributed by atoms with E-state index >= 15 is 0 Å². The molecule has 3 unspecified atom stereocenters. The van der Waals surface area contributed by atoms with Gasteiger partial charge in [0.25, 0.3) is 0 Å². The number of hydrogen-bond donors (Lipinski definition) is 2. The Hall–Kier alpha value is -2.47. The minimum absolute atomic E-state index is 0.0161. The summed E-state index contributed by atoms with van der Waals surface area (Å²) in [6.07, 6.45) is 3.54. The van der Waals surface area contributed by atoms with Crippen LogP contribution in [0.4, 0.5) is 0 Å². The number of nitrogens with one attached hydrogen (secondary N) is 2. The summed E-state index contributed by atoms with van der Waals surface area (Å²) in [6.45, 7) is 0.605. The molecule has 0 bridgehead atoms. The predicted octanol–water partition coefficient (Wildman–Crippen LogP) is 5.08. The summed E-state index contributed by atoms with van der Waals surface area (Å²) < 4.78 is 31.1. The highest BCUT2D eigenvalue weighted by Gasteiger charge is 2.35. The summed E-state index contributed by atoms with van der Waals surface area (Å²) in [4.78, 5) is 0.531. The maximum Gasteiger partial charge on any atom is 0.134 e. The Balaban J connectivity index is 1.45. The van der Waals surface area contributed by atoms with Crippen LogP contribution in [-0.2, 0) is 27.5 Å². The first-order chi connectivity index (χ1) is 15.1. The van der Waals surface area contributed by atoms with E-state index in [1.807, 2.05) is 18.2 Å². The van der Waals surface area contributed by atoms with Crippen molar-refractivity contribution in [2.75, 3.05) is 6.61 Å². The molecule has 4 nitrogen and oxygen atoms in total. The van der Waals surface area contributed by atoms with Crippen molar-refractivity contribution in [2.24, 2.45) is 0 Å². The lowest BCUT2D eigenvalue weighted by Gasteiger charge is -2.36.